The first kappa shape index (κ1) is 19.7. The Morgan fingerprint density at radius 3 is 2.65 bits per heavy atom. The van der Waals surface area contributed by atoms with Crippen molar-refractivity contribution in [3.8, 4) is 17.0 Å². The highest BCUT2D eigenvalue weighted by molar-refractivity contribution is 5.64. The molecule has 0 amide bonds. The third-order valence-electron chi connectivity index (χ3n) is 6.08. The summed E-state index contributed by atoms with van der Waals surface area (Å²) in [6, 6.07) is 20.8. The van der Waals surface area contributed by atoms with Gasteiger partial charge >= 0.3 is 0 Å². The van der Waals surface area contributed by atoms with Crippen LogP contribution in [0.15, 0.2) is 73.1 Å². The van der Waals surface area contributed by atoms with E-state index in [2.05, 4.69) is 74.9 Å². The molecule has 158 valence electrons. The van der Waals surface area contributed by atoms with Crippen molar-refractivity contribution in [2.75, 3.05) is 33.8 Å². The molecule has 0 bridgehead atoms. The van der Waals surface area contributed by atoms with Gasteiger partial charge in [-0.05, 0) is 61.1 Å². The minimum atomic E-state index is 0.251. The highest BCUT2D eigenvalue weighted by atomic mass is 16.5. The summed E-state index contributed by atoms with van der Waals surface area (Å²) in [6.07, 6.45) is 4.06. The van der Waals surface area contributed by atoms with Gasteiger partial charge in [0.2, 0.25) is 0 Å². The molecule has 1 aromatic carbocycles. The number of pyridine rings is 2. The number of likely N-dealkylation sites (N-methyl/N-ethyl adjacent to an activating group) is 1. The van der Waals surface area contributed by atoms with Crippen LogP contribution >= 0.6 is 0 Å². The van der Waals surface area contributed by atoms with Crippen molar-refractivity contribution in [3.05, 3.63) is 84.4 Å². The van der Waals surface area contributed by atoms with Gasteiger partial charge in [-0.15, -0.1) is 0 Å². The maximum atomic E-state index is 5.31. The van der Waals surface area contributed by atoms with Crippen molar-refractivity contribution < 1.29 is 4.74 Å². The monoisotopic (exact) mass is 413 g/mol. The summed E-state index contributed by atoms with van der Waals surface area (Å²) in [5.74, 6) is 0.860. The van der Waals surface area contributed by atoms with Crippen molar-refractivity contribution in [2.24, 2.45) is 0 Å². The maximum absolute atomic E-state index is 5.31. The molecule has 4 heterocycles. The summed E-state index contributed by atoms with van der Waals surface area (Å²) in [5.41, 5.74) is 5.46. The van der Waals surface area contributed by atoms with Crippen LogP contribution in [0.1, 0.15) is 17.4 Å². The molecule has 1 atom stereocenters. The zero-order chi connectivity index (χ0) is 21.2. The Morgan fingerprint density at radius 1 is 1.00 bits per heavy atom. The molecule has 6 nitrogen and oxygen atoms in total. The molecule has 0 spiro atoms. The van der Waals surface area contributed by atoms with Crippen LogP contribution in [0, 0.1) is 0 Å². The fourth-order valence-corrected chi connectivity index (χ4v) is 4.30. The first-order chi connectivity index (χ1) is 15.2. The van der Waals surface area contributed by atoms with E-state index >= 15 is 0 Å². The summed E-state index contributed by atoms with van der Waals surface area (Å²) in [6.45, 7) is 3.86. The van der Waals surface area contributed by atoms with Crippen LogP contribution in [0.5, 0.6) is 5.75 Å². The number of piperazine rings is 1. The van der Waals surface area contributed by atoms with Gasteiger partial charge in [0.15, 0.2) is 0 Å². The Morgan fingerprint density at radius 2 is 1.87 bits per heavy atom. The molecule has 0 saturated carbocycles. The van der Waals surface area contributed by atoms with Crippen molar-refractivity contribution in [1.29, 1.82) is 0 Å². The molecule has 3 aromatic heterocycles. The van der Waals surface area contributed by atoms with Crippen molar-refractivity contribution in [3.63, 3.8) is 0 Å². The number of fused-ring (bicyclic) bond motifs is 1. The normalized spacial score (nSPS) is 17.8. The number of nitrogens with zero attached hydrogens (tertiary/aromatic N) is 5. The lowest BCUT2D eigenvalue weighted by Gasteiger charge is -2.38. The number of hydrogen-bond donors (Lipinski definition) is 0. The number of ether oxygens (including phenoxy) is 1. The number of benzene rings is 1. The minimum Gasteiger partial charge on any atom is -0.497 e. The van der Waals surface area contributed by atoms with E-state index in [1.54, 1.807) is 7.11 Å². The van der Waals surface area contributed by atoms with Crippen LogP contribution in [0.25, 0.3) is 16.9 Å². The molecule has 1 saturated heterocycles. The lowest BCUT2D eigenvalue weighted by atomic mass is 10.1. The largest absolute Gasteiger partial charge is 0.497 e. The molecule has 4 aromatic rings. The predicted octanol–water partition coefficient (Wildman–Crippen LogP) is 3.89. The van der Waals surface area contributed by atoms with E-state index in [9.17, 15) is 0 Å². The summed E-state index contributed by atoms with van der Waals surface area (Å²) in [5, 5.41) is 0. The van der Waals surface area contributed by atoms with Crippen LogP contribution in [-0.4, -0.2) is 58.0 Å². The summed E-state index contributed by atoms with van der Waals surface area (Å²) in [7, 11) is 3.88. The second-order valence-corrected chi connectivity index (χ2v) is 8.09. The maximum Gasteiger partial charge on any atom is 0.137 e. The molecular weight excluding hydrogens is 386 g/mol. The van der Waals surface area contributed by atoms with Crippen LogP contribution in [0.3, 0.4) is 0 Å². The molecule has 1 fully saturated rings. The molecule has 5 rings (SSSR count). The first-order valence-corrected chi connectivity index (χ1v) is 10.7. The third kappa shape index (κ3) is 4.04. The number of aromatic nitrogens is 3. The van der Waals surface area contributed by atoms with Gasteiger partial charge in [0, 0.05) is 38.6 Å². The van der Waals surface area contributed by atoms with E-state index in [0.717, 1.165) is 60.2 Å². The zero-order valence-electron chi connectivity index (χ0n) is 18.0. The number of methoxy groups -OCH3 is 1. The van der Waals surface area contributed by atoms with Gasteiger partial charge < -0.3 is 4.74 Å². The fraction of sp³-hybridized carbons (Fsp3) is 0.280. The van der Waals surface area contributed by atoms with Crippen LogP contribution < -0.4 is 4.74 Å². The molecule has 1 aliphatic rings. The number of hydrogen-bond acceptors (Lipinski definition) is 5. The second-order valence-electron chi connectivity index (χ2n) is 8.09. The molecule has 0 unspecified atom stereocenters. The highest BCUT2D eigenvalue weighted by Gasteiger charge is 2.28. The lowest BCUT2D eigenvalue weighted by molar-refractivity contribution is 0.0877. The van der Waals surface area contributed by atoms with Gasteiger partial charge in [0.1, 0.15) is 11.4 Å². The third-order valence-corrected chi connectivity index (χ3v) is 6.08. The van der Waals surface area contributed by atoms with Gasteiger partial charge in [-0.1, -0.05) is 12.1 Å². The van der Waals surface area contributed by atoms with Gasteiger partial charge in [-0.3, -0.25) is 19.2 Å². The average molecular weight is 414 g/mol. The standard InChI is InChI=1S/C25H27N5O/c1-28-14-15-29(16-20-6-3-4-13-26-20)18-24(28)22-17-30-23(7-5-8-25(30)27-22)19-9-11-21(31-2)12-10-19/h3-13,17,24H,14-16,18H2,1-2H3/t24-/m1/s1. The van der Waals surface area contributed by atoms with E-state index in [0.29, 0.717) is 0 Å². The Kier molecular flexibility index (Phi) is 5.40. The van der Waals surface area contributed by atoms with Crippen molar-refractivity contribution in [1.82, 2.24) is 24.2 Å². The Bertz CT molecular complexity index is 1160. The zero-order valence-corrected chi connectivity index (χ0v) is 18.0. The molecule has 1 aliphatic heterocycles. The lowest BCUT2D eigenvalue weighted by Crippen LogP contribution is -2.46. The molecule has 0 aliphatic carbocycles. The molecule has 31 heavy (non-hydrogen) atoms. The Hall–Kier alpha value is -3.22. The number of imidazole rings is 1. The highest BCUT2D eigenvalue weighted by Crippen LogP contribution is 2.28. The molecular formula is C25H27N5O. The SMILES string of the molecule is COc1ccc(-c2cccc3nc([C@H]4CN(Cc5ccccn5)CCN4C)cn23)cc1. The fourth-order valence-electron chi connectivity index (χ4n) is 4.30. The van der Waals surface area contributed by atoms with Gasteiger partial charge in [0.05, 0.1) is 30.2 Å². The molecule has 6 heteroatoms. The van der Waals surface area contributed by atoms with Crippen LogP contribution in [0.4, 0.5) is 0 Å². The van der Waals surface area contributed by atoms with E-state index in [-0.39, 0.29) is 6.04 Å². The van der Waals surface area contributed by atoms with E-state index in [1.165, 1.54) is 0 Å². The predicted molar refractivity (Wildman–Crippen MR) is 122 cm³/mol. The second kappa shape index (κ2) is 8.49. The van der Waals surface area contributed by atoms with Crippen molar-refractivity contribution in [2.45, 2.75) is 12.6 Å². The van der Waals surface area contributed by atoms with Gasteiger partial charge in [-0.25, -0.2) is 4.98 Å². The van der Waals surface area contributed by atoms with E-state index in [4.69, 9.17) is 9.72 Å². The van der Waals surface area contributed by atoms with E-state index < -0.39 is 0 Å². The quantitative estimate of drug-likeness (QED) is 0.497. The van der Waals surface area contributed by atoms with Crippen LogP contribution in [0.2, 0.25) is 0 Å². The molecule has 0 radical (unpaired) electrons. The Balaban J connectivity index is 1.43. The summed E-state index contributed by atoms with van der Waals surface area (Å²) >= 11 is 0. The molecule has 0 N–H and O–H groups in total. The minimum absolute atomic E-state index is 0.251. The van der Waals surface area contributed by atoms with E-state index in [1.807, 2.05) is 24.4 Å². The Labute approximate surface area is 182 Å². The number of rotatable bonds is 5. The topological polar surface area (TPSA) is 45.9 Å². The summed E-state index contributed by atoms with van der Waals surface area (Å²) < 4.78 is 7.50. The van der Waals surface area contributed by atoms with Crippen molar-refractivity contribution >= 4 is 5.65 Å². The van der Waals surface area contributed by atoms with Gasteiger partial charge in [0.25, 0.3) is 0 Å². The average Bonchev–Trinajstić information content (AvgIpc) is 3.25. The summed E-state index contributed by atoms with van der Waals surface area (Å²) in [4.78, 5) is 14.4. The van der Waals surface area contributed by atoms with Gasteiger partial charge in [-0.2, -0.15) is 0 Å². The van der Waals surface area contributed by atoms with Crippen LogP contribution in [-0.2, 0) is 6.54 Å². The first-order valence-electron chi connectivity index (χ1n) is 10.7. The smallest absolute Gasteiger partial charge is 0.137 e.